The smallest absolute Gasteiger partial charge is 0.267 e. The maximum absolute atomic E-state index is 13.4. The zero-order chi connectivity index (χ0) is 17.0. The number of non-ortho nitro benzene ring substituents is 1. The SMILES string of the molecule is O=C(NNC(=O)c1cc([N+](=O)[O-])ccc1Cl)c1ccccc1F. The molecule has 2 aromatic carbocycles. The third-order valence-electron chi connectivity index (χ3n) is 2.81. The van der Waals surface area contributed by atoms with Gasteiger partial charge in [-0.15, -0.1) is 0 Å². The number of benzene rings is 2. The first kappa shape index (κ1) is 16.4. The van der Waals surface area contributed by atoms with Crippen molar-refractivity contribution < 1.29 is 18.9 Å². The van der Waals surface area contributed by atoms with E-state index in [1.165, 1.54) is 24.3 Å². The van der Waals surface area contributed by atoms with E-state index in [-0.39, 0.29) is 21.8 Å². The molecular weight excluding hydrogens is 329 g/mol. The Bertz CT molecular complexity index is 797. The van der Waals surface area contributed by atoms with Gasteiger partial charge in [0.1, 0.15) is 5.82 Å². The molecule has 0 saturated carbocycles. The number of hydrogen-bond donors (Lipinski definition) is 2. The molecule has 0 fully saturated rings. The van der Waals surface area contributed by atoms with Crippen LogP contribution in [-0.4, -0.2) is 16.7 Å². The van der Waals surface area contributed by atoms with Crippen molar-refractivity contribution in [2.45, 2.75) is 0 Å². The molecule has 23 heavy (non-hydrogen) atoms. The number of carbonyl (C=O) groups is 2. The highest BCUT2D eigenvalue weighted by Gasteiger charge is 2.17. The lowest BCUT2D eigenvalue weighted by atomic mass is 10.2. The molecule has 0 radical (unpaired) electrons. The second-order valence-corrected chi connectivity index (χ2v) is 4.72. The van der Waals surface area contributed by atoms with Crippen molar-refractivity contribution in [1.29, 1.82) is 0 Å². The number of hydrogen-bond acceptors (Lipinski definition) is 4. The predicted octanol–water partition coefficient (Wildman–Crippen LogP) is 2.46. The molecule has 0 aliphatic rings. The molecule has 2 aromatic rings. The van der Waals surface area contributed by atoms with Gasteiger partial charge < -0.3 is 0 Å². The lowest BCUT2D eigenvalue weighted by Crippen LogP contribution is -2.42. The molecule has 0 saturated heterocycles. The summed E-state index contributed by atoms with van der Waals surface area (Å²) in [6, 6.07) is 8.48. The summed E-state index contributed by atoms with van der Waals surface area (Å²) in [5, 5.41) is 10.7. The summed E-state index contributed by atoms with van der Waals surface area (Å²) in [6.07, 6.45) is 0. The zero-order valence-electron chi connectivity index (χ0n) is 11.4. The maximum Gasteiger partial charge on any atom is 0.272 e. The van der Waals surface area contributed by atoms with E-state index in [1.807, 2.05) is 10.9 Å². The number of amides is 2. The van der Waals surface area contributed by atoms with E-state index in [0.717, 1.165) is 18.2 Å². The molecular formula is C14H9ClFN3O4. The van der Waals surface area contributed by atoms with Crippen molar-refractivity contribution in [1.82, 2.24) is 10.9 Å². The average Bonchev–Trinajstić information content (AvgIpc) is 2.53. The Morgan fingerprint density at radius 1 is 1.04 bits per heavy atom. The van der Waals surface area contributed by atoms with Gasteiger partial charge in [-0.2, -0.15) is 0 Å². The number of nitrogens with zero attached hydrogens (tertiary/aromatic N) is 1. The fraction of sp³-hybridized carbons (Fsp3) is 0. The summed E-state index contributed by atoms with van der Waals surface area (Å²) in [4.78, 5) is 33.7. The Kier molecular flexibility index (Phi) is 4.87. The van der Waals surface area contributed by atoms with Crippen LogP contribution in [0.25, 0.3) is 0 Å². The third-order valence-corrected chi connectivity index (χ3v) is 3.14. The molecule has 7 nitrogen and oxygen atoms in total. The van der Waals surface area contributed by atoms with Gasteiger partial charge >= 0.3 is 0 Å². The highest BCUT2D eigenvalue weighted by molar-refractivity contribution is 6.34. The van der Waals surface area contributed by atoms with Gasteiger partial charge in [0.25, 0.3) is 17.5 Å². The van der Waals surface area contributed by atoms with E-state index < -0.39 is 22.6 Å². The van der Waals surface area contributed by atoms with Crippen molar-refractivity contribution in [2.75, 3.05) is 0 Å². The number of rotatable bonds is 3. The highest BCUT2D eigenvalue weighted by Crippen LogP contribution is 2.21. The fourth-order valence-electron chi connectivity index (χ4n) is 1.69. The van der Waals surface area contributed by atoms with Crippen LogP contribution in [0, 0.1) is 15.9 Å². The number of nitro groups is 1. The summed E-state index contributed by atoms with van der Waals surface area (Å²) >= 11 is 5.80. The molecule has 2 N–H and O–H groups in total. The largest absolute Gasteiger partial charge is 0.272 e. The molecule has 0 aromatic heterocycles. The first-order valence-electron chi connectivity index (χ1n) is 6.19. The molecule has 0 aliphatic carbocycles. The monoisotopic (exact) mass is 337 g/mol. The summed E-state index contributed by atoms with van der Waals surface area (Å²) in [6.45, 7) is 0. The first-order chi connectivity index (χ1) is 10.9. The van der Waals surface area contributed by atoms with E-state index >= 15 is 0 Å². The van der Waals surface area contributed by atoms with Gasteiger partial charge in [-0.3, -0.25) is 30.6 Å². The molecule has 0 unspecified atom stereocenters. The van der Waals surface area contributed by atoms with Crippen molar-refractivity contribution in [3.8, 4) is 0 Å². The molecule has 118 valence electrons. The van der Waals surface area contributed by atoms with E-state index in [2.05, 4.69) is 0 Å². The maximum atomic E-state index is 13.4. The third kappa shape index (κ3) is 3.80. The highest BCUT2D eigenvalue weighted by atomic mass is 35.5. The summed E-state index contributed by atoms with van der Waals surface area (Å²) in [5.41, 5.74) is 3.23. The second kappa shape index (κ2) is 6.84. The van der Waals surface area contributed by atoms with Gasteiger partial charge in [0.2, 0.25) is 0 Å². The van der Waals surface area contributed by atoms with Crippen LogP contribution in [0.1, 0.15) is 20.7 Å². The topological polar surface area (TPSA) is 101 Å². The van der Waals surface area contributed by atoms with E-state index in [9.17, 15) is 24.1 Å². The molecule has 0 bridgehead atoms. The number of nitro benzene ring substituents is 1. The summed E-state index contributed by atoms with van der Waals surface area (Å²) in [7, 11) is 0. The van der Waals surface area contributed by atoms with Crippen LogP contribution in [0.5, 0.6) is 0 Å². The van der Waals surface area contributed by atoms with Crippen molar-refractivity contribution in [3.63, 3.8) is 0 Å². The normalized spacial score (nSPS) is 10.0. The van der Waals surface area contributed by atoms with Gasteiger partial charge in [0, 0.05) is 12.1 Å². The Morgan fingerprint density at radius 2 is 1.65 bits per heavy atom. The minimum absolute atomic E-state index is 0.0340. The number of hydrazine groups is 1. The molecule has 2 amide bonds. The van der Waals surface area contributed by atoms with Crippen LogP contribution in [0.3, 0.4) is 0 Å². The van der Waals surface area contributed by atoms with Crippen LogP contribution in [0.2, 0.25) is 5.02 Å². The Hall–Kier alpha value is -3.00. The molecule has 0 spiro atoms. The van der Waals surface area contributed by atoms with Gasteiger partial charge in [-0.25, -0.2) is 4.39 Å². The quantitative estimate of drug-likeness (QED) is 0.663. The Balaban J connectivity index is 2.11. The van der Waals surface area contributed by atoms with Crippen LogP contribution in [0.4, 0.5) is 10.1 Å². The fourth-order valence-corrected chi connectivity index (χ4v) is 1.90. The van der Waals surface area contributed by atoms with Crippen LogP contribution in [0.15, 0.2) is 42.5 Å². The average molecular weight is 338 g/mol. The second-order valence-electron chi connectivity index (χ2n) is 4.31. The summed E-state index contributed by atoms with van der Waals surface area (Å²) in [5.74, 6) is -2.51. The standard InChI is InChI=1S/C14H9ClFN3O4/c15-11-6-5-8(19(22)23)7-10(11)14(21)18-17-13(20)9-3-1-2-4-12(9)16/h1-7H,(H,17,20)(H,18,21). The number of halogens is 2. The van der Waals surface area contributed by atoms with Crippen molar-refractivity contribution >= 4 is 29.1 Å². The van der Waals surface area contributed by atoms with Crippen LogP contribution >= 0.6 is 11.6 Å². The molecule has 0 heterocycles. The zero-order valence-corrected chi connectivity index (χ0v) is 12.1. The van der Waals surface area contributed by atoms with Gasteiger partial charge in [0.05, 0.1) is 21.1 Å². The Morgan fingerprint density at radius 3 is 2.26 bits per heavy atom. The minimum atomic E-state index is -0.877. The number of carbonyl (C=O) groups excluding carboxylic acids is 2. The van der Waals surface area contributed by atoms with Crippen molar-refractivity contribution in [2.24, 2.45) is 0 Å². The lowest BCUT2D eigenvalue weighted by Gasteiger charge is -2.09. The van der Waals surface area contributed by atoms with E-state index in [4.69, 9.17) is 11.6 Å². The lowest BCUT2D eigenvalue weighted by molar-refractivity contribution is -0.384. The number of nitrogens with one attached hydrogen (secondary N) is 2. The van der Waals surface area contributed by atoms with Gasteiger partial charge in [-0.05, 0) is 18.2 Å². The minimum Gasteiger partial charge on any atom is -0.267 e. The predicted molar refractivity (Wildman–Crippen MR) is 79.4 cm³/mol. The van der Waals surface area contributed by atoms with E-state index in [1.54, 1.807) is 0 Å². The van der Waals surface area contributed by atoms with Gasteiger partial charge in [0.15, 0.2) is 0 Å². The van der Waals surface area contributed by atoms with Crippen LogP contribution < -0.4 is 10.9 Å². The Labute approximate surface area is 134 Å². The van der Waals surface area contributed by atoms with E-state index in [0.29, 0.717) is 0 Å². The molecule has 2 rings (SSSR count). The van der Waals surface area contributed by atoms with Crippen molar-refractivity contribution in [3.05, 3.63) is 74.5 Å². The molecule has 9 heteroatoms. The van der Waals surface area contributed by atoms with Gasteiger partial charge in [-0.1, -0.05) is 23.7 Å². The first-order valence-corrected chi connectivity index (χ1v) is 6.57. The molecule has 0 atom stereocenters. The summed E-state index contributed by atoms with van der Waals surface area (Å²) < 4.78 is 13.4. The molecule has 0 aliphatic heterocycles. The van der Waals surface area contributed by atoms with Crippen LogP contribution in [-0.2, 0) is 0 Å².